The van der Waals surface area contributed by atoms with Gasteiger partial charge in [0.2, 0.25) is 0 Å². The molecule has 0 aliphatic heterocycles. The third kappa shape index (κ3) is 16.5. The molecule has 0 aromatic heterocycles. The van der Waals surface area contributed by atoms with Crippen molar-refractivity contribution in [2.24, 2.45) is 0 Å². The van der Waals surface area contributed by atoms with E-state index < -0.39 is 52.7 Å². The van der Waals surface area contributed by atoms with Gasteiger partial charge in [-0.2, -0.15) is 0 Å². The standard InChI is InChI=1S/2C18H24N2O4/c1-17(2,3)23-15(21)20(16(22)24-18(4,5)6)12-13-8-10-14(19-7)11-9-13;1-17(2,3)23-15(21)14(20-16(22)24-18(4,5)6)12-8-10-13(19-7)11-9-12/h8-11H,12H2,1-6H3;8-11,14H,1-6H3,(H,20,22). The molecule has 1 N–H and O–H groups in total. The van der Waals surface area contributed by atoms with Crippen LogP contribution in [0.15, 0.2) is 48.5 Å². The van der Waals surface area contributed by atoms with Crippen LogP contribution in [0, 0.1) is 13.1 Å². The molecule has 2 rings (SSSR count). The van der Waals surface area contributed by atoms with Gasteiger partial charge < -0.3 is 24.3 Å². The lowest BCUT2D eigenvalue weighted by molar-refractivity contribution is -0.157. The lowest BCUT2D eigenvalue weighted by Crippen LogP contribution is -2.43. The van der Waals surface area contributed by atoms with Gasteiger partial charge >= 0.3 is 24.2 Å². The molecule has 0 spiro atoms. The molecule has 0 saturated heterocycles. The van der Waals surface area contributed by atoms with Crippen LogP contribution >= 0.6 is 0 Å². The summed E-state index contributed by atoms with van der Waals surface area (Å²) < 4.78 is 21.2. The van der Waals surface area contributed by atoms with Crippen molar-refractivity contribution in [2.45, 2.75) is 118 Å². The molecule has 0 bridgehead atoms. The molecule has 0 aliphatic carbocycles. The zero-order valence-electron chi connectivity index (χ0n) is 30.0. The average Bonchev–Trinajstić information content (AvgIpc) is 2.91. The maximum absolute atomic E-state index is 12.5. The lowest BCUT2D eigenvalue weighted by atomic mass is 10.1. The second-order valence-electron chi connectivity index (χ2n) is 14.6. The summed E-state index contributed by atoms with van der Waals surface area (Å²) in [7, 11) is 0. The topological polar surface area (TPSA) is 129 Å². The van der Waals surface area contributed by atoms with E-state index >= 15 is 0 Å². The summed E-state index contributed by atoms with van der Waals surface area (Å²) in [4.78, 5) is 56.8. The highest BCUT2D eigenvalue weighted by Crippen LogP contribution is 2.23. The van der Waals surface area contributed by atoms with E-state index in [1.165, 1.54) is 0 Å². The molecule has 12 heteroatoms. The molecular formula is C36H48N4O8. The fourth-order valence-corrected chi connectivity index (χ4v) is 3.50. The summed E-state index contributed by atoms with van der Waals surface area (Å²) in [6.07, 6.45) is -2.26. The number of imide groups is 1. The van der Waals surface area contributed by atoms with Gasteiger partial charge in [-0.3, -0.25) is 0 Å². The highest BCUT2D eigenvalue weighted by atomic mass is 16.6. The summed E-state index contributed by atoms with van der Waals surface area (Å²) >= 11 is 0. The molecular weight excluding hydrogens is 616 g/mol. The molecule has 0 saturated carbocycles. The highest BCUT2D eigenvalue weighted by molar-refractivity contribution is 5.88. The molecule has 12 nitrogen and oxygen atoms in total. The van der Waals surface area contributed by atoms with Gasteiger partial charge in [0, 0.05) is 0 Å². The van der Waals surface area contributed by atoms with Crippen molar-refractivity contribution in [3.8, 4) is 0 Å². The average molecular weight is 665 g/mol. The van der Waals surface area contributed by atoms with Crippen molar-refractivity contribution < 1.29 is 38.1 Å². The van der Waals surface area contributed by atoms with Crippen LogP contribution in [0.25, 0.3) is 9.69 Å². The number of amides is 3. The highest BCUT2D eigenvalue weighted by Gasteiger charge is 2.32. The Morgan fingerprint density at radius 2 is 1.00 bits per heavy atom. The van der Waals surface area contributed by atoms with Crippen molar-refractivity contribution in [3.63, 3.8) is 0 Å². The van der Waals surface area contributed by atoms with Crippen LogP contribution in [0.1, 0.15) is 100 Å². The van der Waals surface area contributed by atoms with Crippen molar-refractivity contribution >= 4 is 35.6 Å². The molecule has 2 aromatic rings. The second kappa shape index (κ2) is 16.6. The first kappa shape index (κ1) is 40.9. The SMILES string of the molecule is [C-]#[N+]c1ccc(C(NC(=O)OC(C)(C)C)C(=O)OC(C)(C)C)cc1.[C-]#[N+]c1ccc(CN(C(=O)OC(C)(C)C)C(=O)OC(C)(C)C)cc1. The van der Waals surface area contributed by atoms with E-state index in [2.05, 4.69) is 15.0 Å². The molecule has 2 aromatic carbocycles. The zero-order chi connectivity index (χ0) is 37.1. The zero-order valence-corrected chi connectivity index (χ0v) is 30.0. The maximum atomic E-state index is 12.5. The minimum absolute atomic E-state index is 0.00209. The van der Waals surface area contributed by atoms with Crippen molar-refractivity contribution in [1.29, 1.82) is 0 Å². The quantitative estimate of drug-likeness (QED) is 0.190. The fraction of sp³-hybridized carbons (Fsp3) is 0.500. The Morgan fingerprint density at radius 3 is 1.35 bits per heavy atom. The normalized spacial score (nSPS) is 12.0. The Morgan fingerprint density at radius 1 is 0.625 bits per heavy atom. The number of nitrogens with one attached hydrogen (secondary N) is 1. The number of carbonyl (C=O) groups is 4. The minimum atomic E-state index is -1.01. The molecule has 0 heterocycles. The summed E-state index contributed by atoms with van der Waals surface area (Å²) in [6.45, 7) is 34.7. The van der Waals surface area contributed by atoms with E-state index in [4.69, 9.17) is 32.1 Å². The van der Waals surface area contributed by atoms with Gasteiger partial charge in [-0.15, -0.1) is 0 Å². The molecule has 1 atom stereocenters. The number of rotatable bonds is 5. The van der Waals surface area contributed by atoms with Crippen molar-refractivity contribution in [1.82, 2.24) is 10.2 Å². The van der Waals surface area contributed by atoms with E-state index in [1.54, 1.807) is 132 Å². The summed E-state index contributed by atoms with van der Waals surface area (Å²) in [5.41, 5.74) is -0.699. The monoisotopic (exact) mass is 664 g/mol. The Hall–Kier alpha value is -5.10. The number of hydrogen-bond donors (Lipinski definition) is 1. The summed E-state index contributed by atoms with van der Waals surface area (Å²) in [5.74, 6) is -0.594. The number of carbonyl (C=O) groups excluding carboxylic acids is 4. The molecule has 3 amide bonds. The Labute approximate surface area is 284 Å². The molecule has 0 aliphatic rings. The van der Waals surface area contributed by atoms with E-state index in [1.807, 2.05) is 0 Å². The molecule has 1 unspecified atom stereocenters. The third-order valence-corrected chi connectivity index (χ3v) is 5.29. The minimum Gasteiger partial charge on any atom is -0.458 e. The van der Waals surface area contributed by atoms with Gasteiger partial charge in [-0.1, -0.05) is 48.5 Å². The Balaban J connectivity index is 0.000000480. The van der Waals surface area contributed by atoms with Crippen molar-refractivity contribution in [3.05, 3.63) is 82.5 Å². The molecule has 0 radical (unpaired) electrons. The second-order valence-corrected chi connectivity index (χ2v) is 14.6. The number of ether oxygens (including phenoxy) is 4. The smallest absolute Gasteiger partial charge is 0.420 e. The van der Waals surface area contributed by atoms with Gasteiger partial charge in [0.25, 0.3) is 0 Å². The van der Waals surface area contributed by atoms with Crippen LogP contribution in [0.3, 0.4) is 0 Å². The van der Waals surface area contributed by atoms with Crippen LogP contribution in [0.2, 0.25) is 0 Å². The van der Waals surface area contributed by atoms with Gasteiger partial charge in [-0.25, -0.2) is 33.8 Å². The van der Waals surface area contributed by atoms with E-state index in [-0.39, 0.29) is 6.54 Å². The number of esters is 1. The van der Waals surface area contributed by atoms with Crippen LogP contribution in [0.5, 0.6) is 0 Å². The number of benzene rings is 2. The van der Waals surface area contributed by atoms with Gasteiger partial charge in [0.1, 0.15) is 22.4 Å². The number of alkyl carbamates (subject to hydrolysis) is 1. The first-order valence-corrected chi connectivity index (χ1v) is 15.2. The van der Waals surface area contributed by atoms with Crippen LogP contribution < -0.4 is 5.32 Å². The maximum Gasteiger partial charge on any atom is 0.420 e. The number of nitrogens with zero attached hydrogens (tertiary/aromatic N) is 3. The molecule has 48 heavy (non-hydrogen) atoms. The van der Waals surface area contributed by atoms with Gasteiger partial charge in [-0.05, 0) is 94.2 Å². The third-order valence-electron chi connectivity index (χ3n) is 5.29. The van der Waals surface area contributed by atoms with E-state index in [0.29, 0.717) is 22.5 Å². The van der Waals surface area contributed by atoms with E-state index in [9.17, 15) is 19.2 Å². The number of hydrogen-bond acceptors (Lipinski definition) is 8. The predicted molar refractivity (Wildman–Crippen MR) is 181 cm³/mol. The molecule has 260 valence electrons. The van der Waals surface area contributed by atoms with Crippen LogP contribution in [-0.2, 0) is 30.3 Å². The molecule has 0 fully saturated rings. The van der Waals surface area contributed by atoms with Gasteiger partial charge in [0.05, 0.1) is 19.7 Å². The Kier molecular flexibility index (Phi) is 14.2. The predicted octanol–water partition coefficient (Wildman–Crippen LogP) is 9.05. The largest absolute Gasteiger partial charge is 0.458 e. The van der Waals surface area contributed by atoms with Crippen molar-refractivity contribution in [2.75, 3.05) is 0 Å². The Bertz CT molecular complexity index is 1460. The lowest BCUT2D eigenvalue weighted by Gasteiger charge is -2.28. The summed E-state index contributed by atoms with van der Waals surface area (Å²) in [5, 5.41) is 2.54. The first-order valence-electron chi connectivity index (χ1n) is 15.2. The van der Waals surface area contributed by atoms with Crippen LogP contribution in [-0.4, -0.2) is 51.6 Å². The fourth-order valence-electron chi connectivity index (χ4n) is 3.50. The first-order chi connectivity index (χ1) is 21.8. The summed E-state index contributed by atoms with van der Waals surface area (Å²) in [6, 6.07) is 12.0. The van der Waals surface area contributed by atoms with E-state index in [0.717, 1.165) is 4.90 Å². The van der Waals surface area contributed by atoms with Gasteiger partial charge in [0.15, 0.2) is 17.4 Å². The van der Waals surface area contributed by atoms with Crippen LogP contribution in [0.4, 0.5) is 25.8 Å².